The quantitative estimate of drug-likeness (QED) is 0.690. The van der Waals surface area contributed by atoms with Crippen molar-refractivity contribution in [3.63, 3.8) is 0 Å². The van der Waals surface area contributed by atoms with Gasteiger partial charge in [0.05, 0.1) is 0 Å². The Morgan fingerprint density at radius 2 is 1.62 bits per heavy atom. The summed E-state index contributed by atoms with van der Waals surface area (Å²) < 4.78 is 0. The van der Waals surface area contributed by atoms with Gasteiger partial charge in [-0.15, -0.1) is 0 Å². The highest BCUT2D eigenvalue weighted by Gasteiger charge is 2.32. The van der Waals surface area contributed by atoms with Gasteiger partial charge in [0.25, 0.3) is 0 Å². The fourth-order valence-corrected chi connectivity index (χ4v) is 2.65. The van der Waals surface area contributed by atoms with Crippen LogP contribution in [-0.2, 0) is 14.4 Å². The SMILES string of the molecule is O=C(O)CCCCC(=O)N1CCC(NC(=O)C2CC2)CC1. The number of nitrogens with zero attached hydrogens (tertiary/aromatic N) is 1. The van der Waals surface area contributed by atoms with Crippen LogP contribution in [0.15, 0.2) is 0 Å². The van der Waals surface area contributed by atoms with Crippen LogP contribution in [0.1, 0.15) is 51.4 Å². The van der Waals surface area contributed by atoms with E-state index in [1.54, 1.807) is 0 Å². The summed E-state index contributed by atoms with van der Waals surface area (Å²) in [6.45, 7) is 1.38. The minimum atomic E-state index is -0.810. The topological polar surface area (TPSA) is 86.7 Å². The van der Waals surface area contributed by atoms with Gasteiger partial charge in [-0.05, 0) is 38.5 Å². The van der Waals surface area contributed by atoms with Gasteiger partial charge in [-0.25, -0.2) is 0 Å². The third-order valence-corrected chi connectivity index (χ3v) is 4.17. The van der Waals surface area contributed by atoms with Crippen LogP contribution in [0, 0.1) is 5.92 Å². The molecule has 1 aliphatic carbocycles. The fourth-order valence-electron chi connectivity index (χ4n) is 2.65. The lowest BCUT2D eigenvalue weighted by atomic mass is 10.0. The number of hydrogen-bond donors (Lipinski definition) is 2. The van der Waals surface area contributed by atoms with Crippen molar-refractivity contribution in [2.45, 2.75) is 57.4 Å². The van der Waals surface area contributed by atoms with Gasteiger partial charge in [-0.3, -0.25) is 14.4 Å². The predicted molar refractivity (Wildman–Crippen MR) is 76.6 cm³/mol. The van der Waals surface area contributed by atoms with E-state index in [4.69, 9.17) is 5.11 Å². The Labute approximate surface area is 124 Å². The molecule has 1 aliphatic heterocycles. The highest BCUT2D eigenvalue weighted by atomic mass is 16.4. The van der Waals surface area contributed by atoms with Crippen molar-refractivity contribution >= 4 is 17.8 Å². The van der Waals surface area contributed by atoms with Crippen molar-refractivity contribution < 1.29 is 19.5 Å². The normalized spacial score (nSPS) is 19.3. The number of amides is 2. The third kappa shape index (κ3) is 5.36. The molecule has 2 N–H and O–H groups in total. The molecule has 0 radical (unpaired) electrons. The number of carbonyl (C=O) groups excluding carboxylic acids is 2. The maximum atomic E-state index is 12.0. The number of hydrogen-bond acceptors (Lipinski definition) is 3. The van der Waals surface area contributed by atoms with Crippen LogP contribution in [0.3, 0.4) is 0 Å². The lowest BCUT2D eigenvalue weighted by Crippen LogP contribution is -2.46. The van der Waals surface area contributed by atoms with Crippen LogP contribution >= 0.6 is 0 Å². The van der Waals surface area contributed by atoms with Gasteiger partial charge in [0.15, 0.2) is 0 Å². The molecule has 2 rings (SSSR count). The predicted octanol–water partition coefficient (Wildman–Crippen LogP) is 1.15. The van der Waals surface area contributed by atoms with Crippen LogP contribution in [0.5, 0.6) is 0 Å². The summed E-state index contributed by atoms with van der Waals surface area (Å²) in [6, 6.07) is 0.203. The van der Waals surface area contributed by atoms with Gasteiger partial charge >= 0.3 is 5.97 Å². The zero-order chi connectivity index (χ0) is 15.2. The molecule has 6 heteroatoms. The van der Waals surface area contributed by atoms with E-state index in [9.17, 15) is 14.4 Å². The first-order valence-corrected chi connectivity index (χ1v) is 7.86. The molecule has 0 aromatic rings. The van der Waals surface area contributed by atoms with Crippen molar-refractivity contribution in [2.75, 3.05) is 13.1 Å². The molecule has 1 saturated heterocycles. The van der Waals surface area contributed by atoms with Crippen LogP contribution in [0.4, 0.5) is 0 Å². The zero-order valence-corrected chi connectivity index (χ0v) is 12.3. The second-order valence-corrected chi connectivity index (χ2v) is 6.04. The minimum Gasteiger partial charge on any atom is -0.481 e. The van der Waals surface area contributed by atoms with E-state index in [2.05, 4.69) is 5.32 Å². The molecule has 1 heterocycles. The second-order valence-electron chi connectivity index (χ2n) is 6.04. The number of nitrogens with one attached hydrogen (secondary N) is 1. The van der Waals surface area contributed by atoms with E-state index in [0.717, 1.165) is 25.7 Å². The molecule has 0 aromatic carbocycles. The van der Waals surface area contributed by atoms with E-state index < -0.39 is 5.97 Å². The molecule has 2 amide bonds. The molecule has 0 aromatic heterocycles. The summed E-state index contributed by atoms with van der Waals surface area (Å²) >= 11 is 0. The number of carbonyl (C=O) groups is 3. The van der Waals surface area contributed by atoms with Crippen molar-refractivity contribution in [1.29, 1.82) is 0 Å². The molecule has 21 heavy (non-hydrogen) atoms. The van der Waals surface area contributed by atoms with E-state index >= 15 is 0 Å². The summed E-state index contributed by atoms with van der Waals surface area (Å²) in [5.41, 5.74) is 0. The summed E-state index contributed by atoms with van der Waals surface area (Å²) in [6.07, 6.45) is 5.39. The van der Waals surface area contributed by atoms with E-state index in [-0.39, 0.29) is 30.2 Å². The van der Waals surface area contributed by atoms with Gasteiger partial charge in [0.1, 0.15) is 0 Å². The molecular formula is C15H24N2O4. The number of carboxylic acid groups (broad SMARTS) is 1. The zero-order valence-electron chi connectivity index (χ0n) is 12.3. The van der Waals surface area contributed by atoms with Crippen LogP contribution in [-0.4, -0.2) is 46.9 Å². The smallest absolute Gasteiger partial charge is 0.303 e. The number of likely N-dealkylation sites (tertiary alicyclic amines) is 1. The first-order chi connectivity index (χ1) is 10.1. The molecule has 0 unspecified atom stereocenters. The van der Waals surface area contributed by atoms with Crippen LogP contribution < -0.4 is 5.32 Å². The monoisotopic (exact) mass is 296 g/mol. The third-order valence-electron chi connectivity index (χ3n) is 4.17. The number of rotatable bonds is 7. The largest absolute Gasteiger partial charge is 0.481 e. The van der Waals surface area contributed by atoms with Gasteiger partial charge in [-0.1, -0.05) is 0 Å². The average Bonchev–Trinajstić information content (AvgIpc) is 3.28. The minimum absolute atomic E-state index is 0.104. The summed E-state index contributed by atoms with van der Waals surface area (Å²) in [4.78, 5) is 35.9. The lowest BCUT2D eigenvalue weighted by Gasteiger charge is -2.32. The molecule has 2 fully saturated rings. The molecule has 2 aliphatic rings. The van der Waals surface area contributed by atoms with Gasteiger partial charge in [0, 0.05) is 37.9 Å². The Bertz CT molecular complexity index is 398. The molecule has 0 spiro atoms. The number of carboxylic acids is 1. The summed E-state index contributed by atoms with van der Waals surface area (Å²) in [5.74, 6) is -0.297. The van der Waals surface area contributed by atoms with Crippen molar-refractivity contribution in [3.05, 3.63) is 0 Å². The Morgan fingerprint density at radius 1 is 1.00 bits per heavy atom. The average molecular weight is 296 g/mol. The van der Waals surface area contributed by atoms with Gasteiger partial charge in [0.2, 0.25) is 11.8 Å². The maximum Gasteiger partial charge on any atom is 0.303 e. The summed E-state index contributed by atoms with van der Waals surface area (Å²) in [7, 11) is 0. The molecule has 0 bridgehead atoms. The van der Waals surface area contributed by atoms with E-state index in [0.29, 0.717) is 32.4 Å². The van der Waals surface area contributed by atoms with Crippen LogP contribution in [0.2, 0.25) is 0 Å². The van der Waals surface area contributed by atoms with Crippen molar-refractivity contribution in [3.8, 4) is 0 Å². The van der Waals surface area contributed by atoms with Crippen molar-refractivity contribution in [2.24, 2.45) is 5.92 Å². The fraction of sp³-hybridized carbons (Fsp3) is 0.800. The summed E-state index contributed by atoms with van der Waals surface area (Å²) in [5, 5.41) is 11.6. The Kier molecular flexibility index (Phi) is 5.59. The molecule has 118 valence electrons. The van der Waals surface area contributed by atoms with Crippen molar-refractivity contribution in [1.82, 2.24) is 10.2 Å². The standard InChI is InChI=1S/C15H24N2O4/c18-13(3-1-2-4-14(19)20)17-9-7-12(8-10-17)16-15(21)11-5-6-11/h11-12H,1-10H2,(H,16,21)(H,19,20). The second kappa shape index (κ2) is 7.43. The maximum absolute atomic E-state index is 12.0. The van der Waals surface area contributed by atoms with Gasteiger partial charge < -0.3 is 15.3 Å². The van der Waals surface area contributed by atoms with Crippen LogP contribution in [0.25, 0.3) is 0 Å². The van der Waals surface area contributed by atoms with E-state index in [1.807, 2.05) is 4.90 Å². The molecule has 0 atom stereocenters. The Morgan fingerprint density at radius 3 is 2.19 bits per heavy atom. The molecule has 1 saturated carbocycles. The highest BCUT2D eigenvalue weighted by Crippen LogP contribution is 2.29. The Hall–Kier alpha value is -1.59. The number of piperidine rings is 1. The Balaban J connectivity index is 1.60. The molecule has 6 nitrogen and oxygen atoms in total. The lowest BCUT2D eigenvalue weighted by molar-refractivity contribution is -0.138. The van der Waals surface area contributed by atoms with E-state index in [1.165, 1.54) is 0 Å². The van der Waals surface area contributed by atoms with Gasteiger partial charge in [-0.2, -0.15) is 0 Å². The first-order valence-electron chi connectivity index (χ1n) is 7.86. The number of unbranched alkanes of at least 4 members (excludes halogenated alkanes) is 1. The first kappa shape index (κ1) is 15.8. The molecular weight excluding hydrogens is 272 g/mol. The number of aliphatic carboxylic acids is 1. The highest BCUT2D eigenvalue weighted by molar-refractivity contribution is 5.81.